The number of benzene rings is 2. The third-order valence-corrected chi connectivity index (χ3v) is 4.06. The third kappa shape index (κ3) is 4.36. The van der Waals surface area contributed by atoms with Crippen molar-refractivity contribution in [3.05, 3.63) is 77.3 Å². The predicted octanol–water partition coefficient (Wildman–Crippen LogP) is 3.42. The van der Waals surface area contributed by atoms with Gasteiger partial charge in [-0.05, 0) is 42.3 Å². The lowest BCUT2D eigenvalue weighted by molar-refractivity contribution is -0.124. The summed E-state index contributed by atoms with van der Waals surface area (Å²) < 4.78 is 19.6. The second-order valence-corrected chi connectivity index (χ2v) is 5.84. The Labute approximate surface area is 150 Å². The molecule has 0 aliphatic rings. The Morgan fingerprint density at radius 1 is 1.19 bits per heavy atom. The predicted molar refractivity (Wildman–Crippen MR) is 97.0 cm³/mol. The molecular weight excluding hydrogens is 335 g/mol. The van der Waals surface area contributed by atoms with Gasteiger partial charge in [0.15, 0.2) is 0 Å². The van der Waals surface area contributed by atoms with E-state index >= 15 is 0 Å². The van der Waals surface area contributed by atoms with Gasteiger partial charge in [0.1, 0.15) is 11.4 Å². The number of furan rings is 1. The third-order valence-electron chi connectivity index (χ3n) is 4.06. The highest BCUT2D eigenvalue weighted by Gasteiger charge is 2.05. The van der Waals surface area contributed by atoms with Crippen LogP contribution in [0, 0.1) is 5.82 Å². The molecule has 0 saturated heterocycles. The second kappa shape index (κ2) is 8.42. The highest BCUT2D eigenvalue weighted by atomic mass is 19.1. The summed E-state index contributed by atoms with van der Waals surface area (Å²) in [6, 6.07) is 12.7. The molecule has 0 spiro atoms. The lowest BCUT2D eigenvalue weighted by Crippen LogP contribution is -2.17. The van der Waals surface area contributed by atoms with E-state index in [1.807, 2.05) is 24.3 Å². The van der Waals surface area contributed by atoms with E-state index in [0.29, 0.717) is 24.2 Å². The van der Waals surface area contributed by atoms with Crippen LogP contribution < -0.4 is 10.8 Å². The van der Waals surface area contributed by atoms with E-state index in [1.54, 1.807) is 18.4 Å². The van der Waals surface area contributed by atoms with E-state index < -0.39 is 5.91 Å². The molecule has 26 heavy (non-hydrogen) atoms. The molecule has 2 aromatic carbocycles. The van der Waals surface area contributed by atoms with Crippen LogP contribution in [0.3, 0.4) is 0 Å². The van der Waals surface area contributed by atoms with E-state index in [9.17, 15) is 9.18 Å². The number of amides is 1. The van der Waals surface area contributed by atoms with Gasteiger partial charge in [-0.2, -0.15) is 0 Å². The summed E-state index contributed by atoms with van der Waals surface area (Å²) in [5.41, 5.74) is 4.58. The molecule has 0 radical (unpaired) electrons. The van der Waals surface area contributed by atoms with Crippen molar-refractivity contribution in [1.29, 1.82) is 0 Å². The Balaban J connectivity index is 1.54. The van der Waals surface area contributed by atoms with Crippen molar-refractivity contribution in [3.63, 3.8) is 0 Å². The van der Waals surface area contributed by atoms with Crippen LogP contribution in [-0.2, 0) is 17.8 Å². The van der Waals surface area contributed by atoms with Gasteiger partial charge in [-0.3, -0.25) is 10.0 Å². The molecule has 3 rings (SSSR count). The molecule has 134 valence electrons. The number of carbonyl (C=O) groups is 1. The van der Waals surface area contributed by atoms with E-state index in [1.165, 1.54) is 17.6 Å². The highest BCUT2D eigenvalue weighted by molar-refractivity contribution is 5.90. The fourth-order valence-electron chi connectivity index (χ4n) is 2.72. The van der Waals surface area contributed by atoms with Crippen LogP contribution in [0.15, 0.2) is 59.2 Å². The van der Waals surface area contributed by atoms with Crippen molar-refractivity contribution in [3.8, 4) is 0 Å². The van der Waals surface area contributed by atoms with Gasteiger partial charge < -0.3 is 9.73 Å². The molecule has 5 nitrogen and oxygen atoms in total. The number of para-hydroxylation sites is 1. The first kappa shape index (κ1) is 17.8. The summed E-state index contributed by atoms with van der Waals surface area (Å²) in [6.45, 7) is 1.10. The summed E-state index contributed by atoms with van der Waals surface area (Å²) in [5.74, 6) is -1.01. The van der Waals surface area contributed by atoms with Crippen LogP contribution in [0.4, 0.5) is 4.39 Å². The zero-order valence-electron chi connectivity index (χ0n) is 14.0. The summed E-state index contributed by atoms with van der Waals surface area (Å²) >= 11 is 0. The van der Waals surface area contributed by atoms with E-state index in [0.717, 1.165) is 29.0 Å². The number of hydrogen-bond donors (Lipinski definition) is 3. The molecular formula is C20H19FN2O3. The van der Waals surface area contributed by atoms with Gasteiger partial charge in [-0.1, -0.05) is 30.3 Å². The minimum Gasteiger partial charge on any atom is -0.464 e. The molecule has 0 saturated carbocycles. The van der Waals surface area contributed by atoms with Crippen molar-refractivity contribution < 1.29 is 18.8 Å². The molecule has 6 heteroatoms. The minimum absolute atomic E-state index is 0.350. The molecule has 0 aliphatic carbocycles. The molecule has 0 fully saturated rings. The van der Waals surface area contributed by atoms with Crippen LogP contribution in [0.25, 0.3) is 17.0 Å². The van der Waals surface area contributed by atoms with Crippen LogP contribution in [0.2, 0.25) is 0 Å². The van der Waals surface area contributed by atoms with Crippen molar-refractivity contribution in [2.75, 3.05) is 6.54 Å². The highest BCUT2D eigenvalue weighted by Crippen LogP contribution is 2.20. The number of halogens is 1. The van der Waals surface area contributed by atoms with Gasteiger partial charge in [-0.25, -0.2) is 9.87 Å². The zero-order valence-corrected chi connectivity index (χ0v) is 14.0. The van der Waals surface area contributed by atoms with E-state index in [2.05, 4.69) is 5.32 Å². The standard InChI is InChI=1S/C20H19FN2O3/c21-18-12-14(5-7-19(24)23-25)4-6-17(18)13-22-10-8-15-2-1-3-16-9-11-26-20(15)16/h1-7,9,11-12,22,25H,8,10,13H2,(H,23,24)/b7-5+. The summed E-state index contributed by atoms with van der Waals surface area (Å²) in [7, 11) is 0. The molecule has 1 amide bonds. The molecule has 3 N–H and O–H groups in total. The maximum atomic E-state index is 14.1. The van der Waals surface area contributed by atoms with Crippen LogP contribution >= 0.6 is 0 Å². The van der Waals surface area contributed by atoms with Gasteiger partial charge in [0.05, 0.1) is 6.26 Å². The lowest BCUT2D eigenvalue weighted by Gasteiger charge is -2.07. The molecule has 0 bridgehead atoms. The first-order valence-corrected chi connectivity index (χ1v) is 8.24. The van der Waals surface area contributed by atoms with Gasteiger partial charge in [0, 0.05) is 23.6 Å². The normalized spacial score (nSPS) is 11.3. The van der Waals surface area contributed by atoms with E-state index in [4.69, 9.17) is 9.62 Å². The topological polar surface area (TPSA) is 74.5 Å². The summed E-state index contributed by atoms with van der Waals surface area (Å²) in [6.07, 6.45) is 5.01. The Hall–Kier alpha value is -2.96. The monoisotopic (exact) mass is 354 g/mol. The number of rotatable bonds is 7. The number of carbonyl (C=O) groups excluding carboxylic acids is 1. The Kier molecular flexibility index (Phi) is 5.78. The largest absolute Gasteiger partial charge is 0.464 e. The number of hydroxylamine groups is 1. The van der Waals surface area contributed by atoms with Crippen LogP contribution in [0.1, 0.15) is 16.7 Å². The summed E-state index contributed by atoms with van der Waals surface area (Å²) in [5, 5.41) is 12.7. The molecule has 0 aliphatic heterocycles. The van der Waals surface area contributed by atoms with Gasteiger partial charge in [0.2, 0.25) is 0 Å². The maximum absolute atomic E-state index is 14.1. The second-order valence-electron chi connectivity index (χ2n) is 5.84. The average Bonchev–Trinajstić information content (AvgIpc) is 3.14. The fourth-order valence-corrected chi connectivity index (χ4v) is 2.72. The van der Waals surface area contributed by atoms with Crippen molar-refractivity contribution >= 4 is 23.0 Å². The molecule has 1 heterocycles. The first-order valence-electron chi connectivity index (χ1n) is 8.24. The molecule has 0 unspecified atom stereocenters. The van der Waals surface area contributed by atoms with Crippen molar-refractivity contribution in [2.45, 2.75) is 13.0 Å². The van der Waals surface area contributed by atoms with Gasteiger partial charge >= 0.3 is 0 Å². The lowest BCUT2D eigenvalue weighted by atomic mass is 10.1. The average molecular weight is 354 g/mol. The Morgan fingerprint density at radius 2 is 2.08 bits per heavy atom. The van der Waals surface area contributed by atoms with Crippen LogP contribution in [0.5, 0.6) is 0 Å². The van der Waals surface area contributed by atoms with Gasteiger partial charge in [-0.15, -0.1) is 0 Å². The van der Waals surface area contributed by atoms with Crippen molar-refractivity contribution in [2.24, 2.45) is 0 Å². The maximum Gasteiger partial charge on any atom is 0.267 e. The molecule has 0 atom stereocenters. The van der Waals surface area contributed by atoms with Crippen molar-refractivity contribution in [1.82, 2.24) is 10.8 Å². The number of fused-ring (bicyclic) bond motifs is 1. The van der Waals surface area contributed by atoms with E-state index in [-0.39, 0.29) is 5.82 Å². The molecule has 1 aromatic heterocycles. The zero-order chi connectivity index (χ0) is 18.4. The first-order chi connectivity index (χ1) is 12.7. The van der Waals surface area contributed by atoms with Gasteiger partial charge in [0.25, 0.3) is 5.91 Å². The molecule has 3 aromatic rings. The SMILES string of the molecule is O=C(/C=C/c1ccc(CNCCc2cccc3ccoc23)c(F)c1)NO. The quantitative estimate of drug-likeness (QED) is 0.263. The Morgan fingerprint density at radius 3 is 2.88 bits per heavy atom. The van der Waals surface area contributed by atoms with Crippen LogP contribution in [-0.4, -0.2) is 17.7 Å². The smallest absolute Gasteiger partial charge is 0.267 e. The Bertz CT molecular complexity index is 934. The fraction of sp³-hybridized carbons (Fsp3) is 0.150. The summed E-state index contributed by atoms with van der Waals surface area (Å²) in [4.78, 5) is 10.9. The minimum atomic E-state index is -0.664. The number of hydrogen-bond acceptors (Lipinski definition) is 4. The number of nitrogens with one attached hydrogen (secondary N) is 2.